The number of para-hydroxylation sites is 1. The largest absolute Gasteiger partial charge is 0.478 e. The Morgan fingerprint density at radius 1 is 1.54 bits per heavy atom. The molecule has 0 aliphatic rings. The van der Waals surface area contributed by atoms with E-state index in [4.69, 9.17) is 5.11 Å². The van der Waals surface area contributed by atoms with Crippen LogP contribution in [0.25, 0.3) is 11.1 Å². The number of carboxylic acids is 1. The van der Waals surface area contributed by atoms with E-state index in [2.05, 4.69) is 9.40 Å². The molecule has 2 aromatic rings. The van der Waals surface area contributed by atoms with Gasteiger partial charge >= 0.3 is 12.1 Å². The molecule has 2 rings (SSSR count). The van der Waals surface area contributed by atoms with Crippen molar-refractivity contribution in [3.05, 3.63) is 29.9 Å². The summed E-state index contributed by atoms with van der Waals surface area (Å²) in [6.45, 7) is 0. The van der Waals surface area contributed by atoms with Crippen LogP contribution in [-0.4, -0.2) is 16.1 Å². The molecule has 0 spiro atoms. The van der Waals surface area contributed by atoms with Crippen molar-refractivity contribution in [2.75, 3.05) is 0 Å². The number of hydrogen-bond donors (Lipinski definition) is 1. The van der Waals surface area contributed by atoms with Crippen molar-refractivity contribution in [3.63, 3.8) is 0 Å². The molecule has 13 heavy (non-hydrogen) atoms. The number of carbonyl (C=O) groups is 1. The summed E-state index contributed by atoms with van der Waals surface area (Å²) in [6.07, 6.45) is -1.02. The van der Waals surface area contributed by atoms with Crippen molar-refractivity contribution >= 4 is 17.1 Å². The Balaban J connectivity index is 2.82. The zero-order valence-corrected chi connectivity index (χ0v) is 6.32. The first kappa shape index (κ1) is 7.72. The first-order valence-corrected chi connectivity index (χ1v) is 3.47. The lowest BCUT2D eigenvalue weighted by Gasteiger charge is -1.91. The van der Waals surface area contributed by atoms with Gasteiger partial charge in [-0.25, -0.2) is 4.79 Å². The third-order valence-corrected chi connectivity index (χ3v) is 1.62. The van der Waals surface area contributed by atoms with E-state index in [0.717, 1.165) is 0 Å². The van der Waals surface area contributed by atoms with E-state index in [-0.39, 0.29) is 16.7 Å². The molecule has 0 unspecified atom stereocenters. The average Bonchev–Trinajstić information content (AvgIpc) is 2.43. The Kier molecular flexibility index (Phi) is 1.51. The quantitative estimate of drug-likeness (QED) is 0.726. The lowest BCUT2D eigenvalue weighted by atomic mass is 10.2. The molecular formula is C8H4FNO3. The summed E-state index contributed by atoms with van der Waals surface area (Å²) < 4.78 is 17.0. The maximum atomic E-state index is 12.5. The van der Waals surface area contributed by atoms with Gasteiger partial charge in [0.1, 0.15) is 5.52 Å². The Hall–Kier alpha value is -1.91. The van der Waals surface area contributed by atoms with Crippen LogP contribution in [0.5, 0.6) is 0 Å². The highest BCUT2D eigenvalue weighted by atomic mass is 19.1. The lowest BCUT2D eigenvalue weighted by Crippen LogP contribution is -1.96. The molecule has 66 valence electrons. The van der Waals surface area contributed by atoms with E-state index < -0.39 is 12.1 Å². The predicted molar refractivity (Wildman–Crippen MR) is 40.9 cm³/mol. The highest BCUT2D eigenvalue weighted by Crippen LogP contribution is 2.18. The van der Waals surface area contributed by atoms with E-state index >= 15 is 0 Å². The van der Waals surface area contributed by atoms with Gasteiger partial charge in [0.2, 0.25) is 0 Å². The van der Waals surface area contributed by atoms with Crippen LogP contribution < -0.4 is 0 Å². The van der Waals surface area contributed by atoms with Crippen LogP contribution in [0.3, 0.4) is 0 Å². The minimum absolute atomic E-state index is 0.0347. The fourth-order valence-corrected chi connectivity index (χ4v) is 1.09. The molecule has 0 fully saturated rings. The lowest BCUT2D eigenvalue weighted by molar-refractivity contribution is 0.0699. The number of benzene rings is 1. The van der Waals surface area contributed by atoms with Gasteiger partial charge in [0, 0.05) is 0 Å². The van der Waals surface area contributed by atoms with Gasteiger partial charge in [-0.3, -0.25) is 0 Å². The zero-order valence-electron chi connectivity index (χ0n) is 6.32. The van der Waals surface area contributed by atoms with E-state index in [1.807, 2.05) is 0 Å². The van der Waals surface area contributed by atoms with Gasteiger partial charge in [-0.2, -0.15) is 4.98 Å². The van der Waals surface area contributed by atoms with Crippen LogP contribution in [0.15, 0.2) is 22.6 Å². The van der Waals surface area contributed by atoms with E-state index in [1.165, 1.54) is 18.2 Å². The van der Waals surface area contributed by atoms with Crippen molar-refractivity contribution in [1.29, 1.82) is 0 Å². The van der Waals surface area contributed by atoms with Gasteiger partial charge in [-0.05, 0) is 12.1 Å². The fourth-order valence-electron chi connectivity index (χ4n) is 1.09. The summed E-state index contributed by atoms with van der Waals surface area (Å²) in [7, 11) is 0. The van der Waals surface area contributed by atoms with Crippen molar-refractivity contribution in [1.82, 2.24) is 4.98 Å². The third kappa shape index (κ3) is 1.14. The second kappa shape index (κ2) is 2.55. The van der Waals surface area contributed by atoms with Gasteiger partial charge in [-0.1, -0.05) is 6.07 Å². The number of aromatic carboxylic acids is 1. The van der Waals surface area contributed by atoms with Crippen LogP contribution in [0.4, 0.5) is 4.39 Å². The van der Waals surface area contributed by atoms with Gasteiger partial charge in [0.15, 0.2) is 5.58 Å². The molecule has 0 radical (unpaired) electrons. The Bertz CT molecular complexity index is 477. The maximum Gasteiger partial charge on any atom is 0.382 e. The molecule has 0 saturated carbocycles. The van der Waals surface area contributed by atoms with Gasteiger partial charge in [0.05, 0.1) is 5.56 Å². The Labute approximate surface area is 71.6 Å². The summed E-state index contributed by atoms with van der Waals surface area (Å²) in [4.78, 5) is 13.9. The van der Waals surface area contributed by atoms with Crippen LogP contribution in [-0.2, 0) is 0 Å². The molecule has 0 amide bonds. The van der Waals surface area contributed by atoms with Crippen molar-refractivity contribution < 1.29 is 18.7 Å². The van der Waals surface area contributed by atoms with Crippen LogP contribution in [0, 0.1) is 6.14 Å². The third-order valence-electron chi connectivity index (χ3n) is 1.62. The number of aromatic nitrogens is 1. The summed E-state index contributed by atoms with van der Waals surface area (Å²) in [5.41, 5.74) is 0.107. The number of oxazole rings is 1. The second-order valence-corrected chi connectivity index (χ2v) is 2.42. The highest BCUT2D eigenvalue weighted by Gasteiger charge is 2.13. The van der Waals surface area contributed by atoms with E-state index in [0.29, 0.717) is 0 Å². The highest BCUT2D eigenvalue weighted by molar-refractivity contribution is 6.00. The van der Waals surface area contributed by atoms with Crippen molar-refractivity contribution in [3.8, 4) is 0 Å². The van der Waals surface area contributed by atoms with Gasteiger partial charge < -0.3 is 9.52 Å². The topological polar surface area (TPSA) is 63.3 Å². The number of carboxylic acid groups (broad SMARTS) is 1. The molecule has 4 nitrogen and oxygen atoms in total. The summed E-state index contributed by atoms with van der Waals surface area (Å²) >= 11 is 0. The van der Waals surface area contributed by atoms with Crippen LogP contribution in [0.1, 0.15) is 10.4 Å². The normalized spacial score (nSPS) is 10.5. The molecule has 5 heteroatoms. The molecule has 1 aromatic carbocycles. The first-order valence-electron chi connectivity index (χ1n) is 3.47. The monoisotopic (exact) mass is 181 g/mol. The molecule has 0 aliphatic carbocycles. The molecule has 0 saturated heterocycles. The van der Waals surface area contributed by atoms with Crippen LogP contribution in [0.2, 0.25) is 0 Å². The molecule has 1 heterocycles. The minimum Gasteiger partial charge on any atom is -0.478 e. The van der Waals surface area contributed by atoms with Crippen LogP contribution >= 0.6 is 0 Å². The molecular weight excluding hydrogens is 177 g/mol. The van der Waals surface area contributed by atoms with E-state index in [9.17, 15) is 9.18 Å². The standard InChI is InChI=1S/C8H4FNO3/c9-8-10-6-4(7(11)12)2-1-3-5(6)13-8/h1-3H,(H,11,12). The molecule has 0 bridgehead atoms. The smallest absolute Gasteiger partial charge is 0.382 e. The summed E-state index contributed by atoms with van der Waals surface area (Å²) in [5, 5.41) is 8.69. The first-order chi connectivity index (χ1) is 6.18. The number of hydrogen-bond acceptors (Lipinski definition) is 3. The minimum atomic E-state index is -1.15. The van der Waals surface area contributed by atoms with Crippen molar-refractivity contribution in [2.45, 2.75) is 0 Å². The van der Waals surface area contributed by atoms with Gasteiger partial charge in [0.25, 0.3) is 0 Å². The average molecular weight is 181 g/mol. The predicted octanol–water partition coefficient (Wildman–Crippen LogP) is 1.67. The fraction of sp³-hybridized carbons (Fsp3) is 0. The Morgan fingerprint density at radius 2 is 2.31 bits per heavy atom. The summed E-state index contributed by atoms with van der Waals surface area (Å²) in [5.74, 6) is -1.15. The number of nitrogens with zero attached hydrogens (tertiary/aromatic N) is 1. The summed E-state index contributed by atoms with van der Waals surface area (Å²) in [6, 6.07) is 4.26. The maximum absolute atomic E-state index is 12.5. The molecule has 1 aromatic heterocycles. The SMILES string of the molecule is O=C(O)c1cccc2oc(F)nc12. The second-order valence-electron chi connectivity index (χ2n) is 2.42. The number of fused-ring (bicyclic) bond motifs is 1. The van der Waals surface area contributed by atoms with E-state index in [1.54, 1.807) is 0 Å². The zero-order chi connectivity index (χ0) is 9.42. The van der Waals surface area contributed by atoms with Gasteiger partial charge in [-0.15, -0.1) is 4.39 Å². The molecule has 0 atom stereocenters. The molecule has 0 aliphatic heterocycles. The Morgan fingerprint density at radius 3 is 3.00 bits per heavy atom. The molecule has 1 N–H and O–H groups in total. The van der Waals surface area contributed by atoms with Crippen molar-refractivity contribution in [2.24, 2.45) is 0 Å². The number of halogens is 1. The number of rotatable bonds is 1.